The second kappa shape index (κ2) is 5.36. The van der Waals surface area contributed by atoms with Crippen LogP contribution >= 0.6 is 0 Å². The van der Waals surface area contributed by atoms with Crippen LogP contribution in [0.1, 0.15) is 32.6 Å². The predicted octanol–water partition coefficient (Wildman–Crippen LogP) is 1.60. The fraction of sp³-hybridized carbons (Fsp3) is 0.923. The molecule has 1 N–H and O–H groups in total. The number of likely N-dealkylation sites (tertiary alicyclic amines) is 1. The smallest absolute Gasteiger partial charge is 0.306 e. The molecule has 4 nitrogen and oxygen atoms in total. The molecule has 0 saturated carbocycles. The molecule has 2 rings (SSSR count). The normalized spacial score (nSPS) is 25.5. The zero-order chi connectivity index (χ0) is 12.3. The molecule has 0 aliphatic carbocycles. The zero-order valence-corrected chi connectivity index (χ0v) is 10.7. The van der Waals surface area contributed by atoms with Gasteiger partial charge >= 0.3 is 5.97 Å². The van der Waals surface area contributed by atoms with Crippen LogP contribution in [-0.2, 0) is 9.53 Å². The fourth-order valence-corrected chi connectivity index (χ4v) is 2.93. The van der Waals surface area contributed by atoms with Gasteiger partial charge in [0.15, 0.2) is 0 Å². The molecule has 2 saturated heterocycles. The molecule has 4 heteroatoms. The number of hydrogen-bond acceptors (Lipinski definition) is 3. The molecular formula is C13H23NO3. The summed E-state index contributed by atoms with van der Waals surface area (Å²) in [5.74, 6) is -0.872. The largest absolute Gasteiger partial charge is 0.481 e. The Morgan fingerprint density at radius 2 is 2.06 bits per heavy atom. The maximum Gasteiger partial charge on any atom is 0.306 e. The third kappa shape index (κ3) is 3.19. The Kier molecular flexibility index (Phi) is 4.05. The minimum absolute atomic E-state index is 0.201. The van der Waals surface area contributed by atoms with Crippen LogP contribution in [0.2, 0.25) is 0 Å². The Morgan fingerprint density at radius 3 is 2.65 bits per heavy atom. The van der Waals surface area contributed by atoms with Crippen LogP contribution in [0.4, 0.5) is 0 Å². The molecule has 1 atom stereocenters. The van der Waals surface area contributed by atoms with Crippen molar-refractivity contribution in [3.05, 3.63) is 0 Å². The van der Waals surface area contributed by atoms with Crippen molar-refractivity contribution in [2.45, 2.75) is 32.6 Å². The van der Waals surface area contributed by atoms with E-state index >= 15 is 0 Å². The lowest BCUT2D eigenvalue weighted by molar-refractivity contribution is -0.141. The first kappa shape index (κ1) is 12.8. The first-order valence-corrected chi connectivity index (χ1v) is 6.64. The Bertz CT molecular complexity index is 266. The summed E-state index contributed by atoms with van der Waals surface area (Å²) in [4.78, 5) is 13.1. The second-order valence-electron chi connectivity index (χ2n) is 5.70. The molecule has 0 aromatic heterocycles. The third-order valence-corrected chi connectivity index (χ3v) is 4.20. The van der Waals surface area contributed by atoms with Crippen molar-refractivity contribution in [3.8, 4) is 0 Å². The van der Waals surface area contributed by atoms with Crippen LogP contribution in [0.3, 0.4) is 0 Å². The molecule has 17 heavy (non-hydrogen) atoms. The topological polar surface area (TPSA) is 49.8 Å². The van der Waals surface area contributed by atoms with Crippen LogP contribution in [0, 0.1) is 11.3 Å². The lowest BCUT2D eigenvalue weighted by atomic mass is 9.73. The zero-order valence-electron chi connectivity index (χ0n) is 10.7. The van der Waals surface area contributed by atoms with Crippen LogP contribution in [0.5, 0.6) is 0 Å². The number of hydrogen-bond donors (Lipinski definition) is 1. The average molecular weight is 241 g/mol. The van der Waals surface area contributed by atoms with Crippen LogP contribution in [-0.4, -0.2) is 48.8 Å². The highest BCUT2D eigenvalue weighted by atomic mass is 16.5. The van der Waals surface area contributed by atoms with E-state index in [1.54, 1.807) is 6.92 Å². The molecular weight excluding hydrogens is 218 g/mol. The predicted molar refractivity (Wildman–Crippen MR) is 65.0 cm³/mol. The Hall–Kier alpha value is -0.610. The van der Waals surface area contributed by atoms with Gasteiger partial charge in [-0.15, -0.1) is 0 Å². The van der Waals surface area contributed by atoms with Crippen molar-refractivity contribution in [2.75, 3.05) is 32.8 Å². The molecule has 2 heterocycles. The van der Waals surface area contributed by atoms with E-state index in [-0.39, 0.29) is 5.92 Å². The van der Waals surface area contributed by atoms with Gasteiger partial charge in [-0.05, 0) is 32.2 Å². The van der Waals surface area contributed by atoms with E-state index < -0.39 is 5.97 Å². The molecule has 1 spiro atoms. The number of aliphatic carboxylic acids is 1. The molecule has 0 radical (unpaired) electrons. The highest BCUT2D eigenvalue weighted by Gasteiger charge is 2.43. The number of ether oxygens (including phenoxy) is 1. The summed E-state index contributed by atoms with van der Waals surface area (Å²) in [6, 6.07) is 0. The fourth-order valence-electron chi connectivity index (χ4n) is 2.93. The summed E-state index contributed by atoms with van der Waals surface area (Å²) in [6.45, 7) is 7.07. The van der Waals surface area contributed by atoms with E-state index in [1.807, 2.05) is 0 Å². The van der Waals surface area contributed by atoms with Crippen molar-refractivity contribution in [1.82, 2.24) is 4.90 Å². The van der Waals surface area contributed by atoms with Crippen LogP contribution in [0.15, 0.2) is 0 Å². The van der Waals surface area contributed by atoms with E-state index in [0.29, 0.717) is 5.41 Å². The Morgan fingerprint density at radius 1 is 1.41 bits per heavy atom. The van der Waals surface area contributed by atoms with Crippen LogP contribution < -0.4 is 0 Å². The second-order valence-corrected chi connectivity index (χ2v) is 5.70. The quantitative estimate of drug-likeness (QED) is 0.794. The van der Waals surface area contributed by atoms with Gasteiger partial charge in [-0.2, -0.15) is 0 Å². The average Bonchev–Trinajstić information content (AvgIpc) is 2.27. The van der Waals surface area contributed by atoms with E-state index in [4.69, 9.17) is 9.84 Å². The molecule has 0 bridgehead atoms. The van der Waals surface area contributed by atoms with Crippen molar-refractivity contribution >= 4 is 5.97 Å². The van der Waals surface area contributed by atoms with Gasteiger partial charge in [0.2, 0.25) is 0 Å². The van der Waals surface area contributed by atoms with Crippen molar-refractivity contribution < 1.29 is 14.6 Å². The molecule has 2 aliphatic rings. The summed E-state index contributed by atoms with van der Waals surface area (Å²) >= 11 is 0. The molecule has 98 valence electrons. The lowest BCUT2D eigenvalue weighted by Crippen LogP contribution is -2.58. The minimum Gasteiger partial charge on any atom is -0.481 e. The molecule has 0 aromatic rings. The van der Waals surface area contributed by atoms with Gasteiger partial charge in [-0.25, -0.2) is 0 Å². The summed E-state index contributed by atoms with van der Waals surface area (Å²) in [5.41, 5.74) is 0.538. The Labute approximate surface area is 103 Å². The van der Waals surface area contributed by atoms with Gasteiger partial charge in [-0.1, -0.05) is 6.92 Å². The van der Waals surface area contributed by atoms with E-state index in [1.165, 1.54) is 25.9 Å². The molecule has 0 amide bonds. The monoisotopic (exact) mass is 241 g/mol. The number of carboxylic acids is 1. The van der Waals surface area contributed by atoms with Gasteiger partial charge in [0.05, 0.1) is 5.92 Å². The highest BCUT2D eigenvalue weighted by molar-refractivity contribution is 5.69. The van der Waals surface area contributed by atoms with Crippen molar-refractivity contribution in [2.24, 2.45) is 11.3 Å². The van der Waals surface area contributed by atoms with E-state index in [2.05, 4.69) is 4.90 Å². The molecule has 2 fully saturated rings. The van der Waals surface area contributed by atoms with Crippen molar-refractivity contribution in [1.29, 1.82) is 0 Å². The van der Waals surface area contributed by atoms with Gasteiger partial charge in [0.1, 0.15) is 0 Å². The highest BCUT2D eigenvalue weighted by Crippen LogP contribution is 2.39. The number of carbonyl (C=O) groups is 1. The standard InChI is InChI=1S/C13H23NO3/c1-11(12(15)16)3-2-6-14-9-13(10-14)4-7-17-8-5-13/h11H,2-10H2,1H3,(H,15,16). The maximum atomic E-state index is 10.7. The van der Waals surface area contributed by atoms with Gasteiger partial charge in [-0.3, -0.25) is 4.79 Å². The minimum atomic E-state index is -0.672. The maximum absolute atomic E-state index is 10.7. The number of carboxylic acid groups (broad SMARTS) is 1. The first-order valence-electron chi connectivity index (χ1n) is 6.64. The summed E-state index contributed by atoms with van der Waals surface area (Å²) in [5, 5.41) is 8.79. The SMILES string of the molecule is CC(CCCN1CC2(CCOCC2)C1)C(=O)O. The Balaban J connectivity index is 1.59. The van der Waals surface area contributed by atoms with Gasteiger partial charge in [0.25, 0.3) is 0 Å². The number of nitrogens with zero attached hydrogens (tertiary/aromatic N) is 1. The number of rotatable bonds is 5. The summed E-state index contributed by atoms with van der Waals surface area (Å²) in [7, 11) is 0. The van der Waals surface area contributed by atoms with Crippen LogP contribution in [0.25, 0.3) is 0 Å². The van der Waals surface area contributed by atoms with Crippen molar-refractivity contribution in [3.63, 3.8) is 0 Å². The van der Waals surface area contributed by atoms with E-state index in [0.717, 1.165) is 32.6 Å². The molecule has 0 aromatic carbocycles. The van der Waals surface area contributed by atoms with E-state index in [9.17, 15) is 4.79 Å². The third-order valence-electron chi connectivity index (χ3n) is 4.20. The molecule has 1 unspecified atom stereocenters. The van der Waals surface area contributed by atoms with Gasteiger partial charge < -0.3 is 14.7 Å². The lowest BCUT2D eigenvalue weighted by Gasteiger charge is -2.52. The summed E-state index contributed by atoms with van der Waals surface area (Å²) in [6.07, 6.45) is 4.20. The summed E-state index contributed by atoms with van der Waals surface area (Å²) < 4.78 is 5.39. The van der Waals surface area contributed by atoms with Gasteiger partial charge in [0, 0.05) is 31.7 Å². The molecule has 2 aliphatic heterocycles. The first-order chi connectivity index (χ1) is 8.11.